The molecule has 4 nitrogen and oxygen atoms in total. The molecule has 0 bridgehead atoms. The van der Waals surface area contributed by atoms with Gasteiger partial charge in [-0.1, -0.05) is 11.8 Å². The van der Waals surface area contributed by atoms with Crippen molar-refractivity contribution in [2.45, 2.75) is 24.3 Å². The van der Waals surface area contributed by atoms with Crippen LogP contribution in [0, 0.1) is 11.3 Å². The molecule has 2 heterocycles. The van der Waals surface area contributed by atoms with E-state index in [1.165, 1.54) is 18.2 Å². The number of carbonyl (C=O) groups is 1. The van der Waals surface area contributed by atoms with Crippen molar-refractivity contribution in [1.29, 1.82) is 5.26 Å². The molecule has 1 aromatic heterocycles. The molecule has 1 aliphatic heterocycles. The lowest BCUT2D eigenvalue weighted by atomic mass is 10.1. The van der Waals surface area contributed by atoms with E-state index in [-0.39, 0.29) is 5.91 Å². The first-order valence-electron chi connectivity index (χ1n) is 6.06. The molecular formula is C13H15N3OS. The molecule has 0 saturated carbocycles. The van der Waals surface area contributed by atoms with E-state index < -0.39 is 0 Å². The molecular weight excluding hydrogens is 246 g/mol. The number of piperidine rings is 1. The Balaban J connectivity index is 1.86. The zero-order valence-electron chi connectivity index (χ0n) is 10.1. The third-order valence-corrected chi connectivity index (χ3v) is 3.83. The minimum atomic E-state index is 0.170. The van der Waals surface area contributed by atoms with Crippen molar-refractivity contribution in [3.8, 4) is 6.07 Å². The van der Waals surface area contributed by atoms with Gasteiger partial charge in [0, 0.05) is 19.3 Å². The number of amides is 1. The summed E-state index contributed by atoms with van der Waals surface area (Å²) in [6.07, 6.45) is 5.05. The van der Waals surface area contributed by atoms with Gasteiger partial charge in [0.1, 0.15) is 0 Å². The number of pyridine rings is 1. The molecule has 0 N–H and O–H groups in total. The number of hydrogen-bond donors (Lipinski definition) is 0. The zero-order valence-corrected chi connectivity index (χ0v) is 10.9. The summed E-state index contributed by atoms with van der Waals surface area (Å²) in [5, 5.41) is 9.52. The number of thioether (sulfide) groups is 1. The van der Waals surface area contributed by atoms with Crippen LogP contribution in [-0.4, -0.2) is 34.6 Å². The normalized spacial score (nSPS) is 15.2. The summed E-state index contributed by atoms with van der Waals surface area (Å²) in [4.78, 5) is 18.0. The molecule has 1 saturated heterocycles. The Hall–Kier alpha value is -1.54. The van der Waals surface area contributed by atoms with E-state index in [4.69, 9.17) is 5.26 Å². The lowest BCUT2D eigenvalue weighted by molar-refractivity contribution is -0.129. The van der Waals surface area contributed by atoms with Gasteiger partial charge in [-0.25, -0.2) is 4.98 Å². The minimum Gasteiger partial charge on any atom is -0.342 e. The van der Waals surface area contributed by atoms with Gasteiger partial charge in [-0.15, -0.1) is 0 Å². The maximum atomic E-state index is 11.9. The summed E-state index contributed by atoms with van der Waals surface area (Å²) in [7, 11) is 0. The number of nitrogens with zero attached hydrogens (tertiary/aromatic N) is 3. The molecule has 94 valence electrons. The van der Waals surface area contributed by atoms with Gasteiger partial charge in [0.2, 0.25) is 5.91 Å². The topological polar surface area (TPSA) is 57.0 Å². The molecule has 0 aromatic carbocycles. The van der Waals surface area contributed by atoms with E-state index >= 15 is 0 Å². The minimum absolute atomic E-state index is 0.170. The van der Waals surface area contributed by atoms with E-state index in [0.29, 0.717) is 11.3 Å². The van der Waals surface area contributed by atoms with E-state index in [2.05, 4.69) is 11.1 Å². The van der Waals surface area contributed by atoms with Gasteiger partial charge < -0.3 is 4.90 Å². The average Bonchev–Trinajstić information content (AvgIpc) is 2.46. The quantitative estimate of drug-likeness (QED) is 0.781. The molecule has 0 radical (unpaired) electrons. The Morgan fingerprint density at radius 2 is 2.22 bits per heavy atom. The van der Waals surface area contributed by atoms with Gasteiger partial charge in [-0.2, -0.15) is 5.26 Å². The van der Waals surface area contributed by atoms with Crippen LogP contribution in [0.15, 0.2) is 23.4 Å². The summed E-state index contributed by atoms with van der Waals surface area (Å²) in [5.74, 6) is 0.575. The first kappa shape index (κ1) is 12.9. The van der Waals surface area contributed by atoms with Crippen molar-refractivity contribution >= 4 is 17.7 Å². The number of likely N-dealkylation sites (tertiary alicyclic amines) is 1. The van der Waals surface area contributed by atoms with Crippen molar-refractivity contribution in [2.75, 3.05) is 18.8 Å². The fourth-order valence-electron chi connectivity index (χ4n) is 1.93. The van der Waals surface area contributed by atoms with Crippen LogP contribution in [0.25, 0.3) is 0 Å². The molecule has 5 heteroatoms. The summed E-state index contributed by atoms with van der Waals surface area (Å²) >= 11 is 1.40. The first-order valence-corrected chi connectivity index (χ1v) is 7.05. The van der Waals surface area contributed by atoms with Crippen LogP contribution in [0.3, 0.4) is 0 Å². The van der Waals surface area contributed by atoms with Crippen LogP contribution in [0.1, 0.15) is 24.8 Å². The van der Waals surface area contributed by atoms with Crippen LogP contribution in [0.2, 0.25) is 0 Å². The van der Waals surface area contributed by atoms with Crippen LogP contribution in [0.4, 0.5) is 0 Å². The fraction of sp³-hybridized carbons (Fsp3) is 0.462. The molecule has 18 heavy (non-hydrogen) atoms. The lowest BCUT2D eigenvalue weighted by Gasteiger charge is -2.26. The molecule has 1 amide bonds. The number of carbonyl (C=O) groups excluding carboxylic acids is 1. The summed E-state index contributed by atoms with van der Waals surface area (Å²) in [6.45, 7) is 1.76. The van der Waals surface area contributed by atoms with Crippen molar-refractivity contribution < 1.29 is 4.79 Å². The molecule has 0 atom stereocenters. The molecule has 2 rings (SSSR count). The van der Waals surface area contributed by atoms with Gasteiger partial charge in [-0.3, -0.25) is 4.79 Å². The predicted molar refractivity (Wildman–Crippen MR) is 70.1 cm³/mol. The summed E-state index contributed by atoms with van der Waals surface area (Å²) in [6, 6.07) is 5.45. The number of nitriles is 1. The highest BCUT2D eigenvalue weighted by Crippen LogP contribution is 2.18. The Kier molecular flexibility index (Phi) is 4.59. The molecule has 0 unspecified atom stereocenters. The van der Waals surface area contributed by atoms with E-state index in [9.17, 15) is 4.79 Å². The first-order chi connectivity index (χ1) is 8.79. The molecule has 0 aliphatic carbocycles. The highest BCUT2D eigenvalue weighted by atomic mass is 32.2. The SMILES string of the molecule is N#Cc1ccnc(SCC(=O)N2CCCCC2)c1. The third-order valence-electron chi connectivity index (χ3n) is 2.92. The summed E-state index contributed by atoms with van der Waals surface area (Å²) in [5.41, 5.74) is 0.581. The Bertz CT molecular complexity index is 464. The van der Waals surface area contributed by atoms with Crippen LogP contribution in [-0.2, 0) is 4.79 Å². The maximum absolute atomic E-state index is 11.9. The zero-order chi connectivity index (χ0) is 12.8. The van der Waals surface area contributed by atoms with Gasteiger partial charge in [0.05, 0.1) is 22.4 Å². The molecule has 1 aromatic rings. The van der Waals surface area contributed by atoms with Crippen molar-refractivity contribution in [1.82, 2.24) is 9.88 Å². The number of aromatic nitrogens is 1. The highest BCUT2D eigenvalue weighted by Gasteiger charge is 2.16. The predicted octanol–water partition coefficient (Wildman–Crippen LogP) is 2.06. The van der Waals surface area contributed by atoms with Crippen LogP contribution in [0.5, 0.6) is 0 Å². The smallest absolute Gasteiger partial charge is 0.232 e. The van der Waals surface area contributed by atoms with Gasteiger partial charge >= 0.3 is 0 Å². The average molecular weight is 261 g/mol. The van der Waals surface area contributed by atoms with Gasteiger partial charge in [0.15, 0.2) is 0 Å². The number of hydrogen-bond acceptors (Lipinski definition) is 4. The maximum Gasteiger partial charge on any atom is 0.232 e. The van der Waals surface area contributed by atoms with Gasteiger partial charge in [-0.05, 0) is 31.4 Å². The van der Waals surface area contributed by atoms with E-state index in [1.54, 1.807) is 18.3 Å². The van der Waals surface area contributed by atoms with E-state index in [0.717, 1.165) is 31.0 Å². The van der Waals surface area contributed by atoms with Gasteiger partial charge in [0.25, 0.3) is 0 Å². The number of rotatable bonds is 3. The Morgan fingerprint density at radius 3 is 2.94 bits per heavy atom. The molecule has 0 spiro atoms. The van der Waals surface area contributed by atoms with Crippen molar-refractivity contribution in [2.24, 2.45) is 0 Å². The van der Waals surface area contributed by atoms with Crippen molar-refractivity contribution in [3.05, 3.63) is 23.9 Å². The largest absolute Gasteiger partial charge is 0.342 e. The monoisotopic (exact) mass is 261 g/mol. The van der Waals surface area contributed by atoms with Crippen LogP contribution >= 0.6 is 11.8 Å². The summed E-state index contributed by atoms with van der Waals surface area (Å²) < 4.78 is 0. The lowest BCUT2D eigenvalue weighted by Crippen LogP contribution is -2.36. The second-order valence-corrected chi connectivity index (χ2v) is 5.22. The Labute approximate surface area is 111 Å². The third kappa shape index (κ3) is 3.47. The van der Waals surface area contributed by atoms with Crippen molar-refractivity contribution in [3.63, 3.8) is 0 Å². The highest BCUT2D eigenvalue weighted by molar-refractivity contribution is 7.99. The molecule has 1 aliphatic rings. The van der Waals surface area contributed by atoms with Crippen LogP contribution < -0.4 is 0 Å². The second-order valence-electron chi connectivity index (χ2n) is 4.22. The fourth-order valence-corrected chi connectivity index (χ4v) is 2.73. The van der Waals surface area contributed by atoms with E-state index in [1.807, 2.05) is 4.90 Å². The standard InChI is InChI=1S/C13H15N3OS/c14-9-11-4-5-15-12(8-11)18-10-13(17)16-6-2-1-3-7-16/h4-5,8H,1-3,6-7,10H2. The second kappa shape index (κ2) is 6.41. The Morgan fingerprint density at radius 1 is 1.44 bits per heavy atom. The molecule has 1 fully saturated rings.